The van der Waals surface area contributed by atoms with Crippen LogP contribution in [0.5, 0.6) is 0 Å². The Bertz CT molecular complexity index is 549. The van der Waals surface area contributed by atoms with Gasteiger partial charge in [-0.25, -0.2) is 0 Å². The van der Waals surface area contributed by atoms with Crippen molar-refractivity contribution in [2.24, 2.45) is 0 Å². The molecule has 96 valence electrons. The van der Waals surface area contributed by atoms with Gasteiger partial charge in [0.1, 0.15) is 0 Å². The summed E-state index contributed by atoms with van der Waals surface area (Å²) in [5, 5.41) is 5.25. The summed E-state index contributed by atoms with van der Waals surface area (Å²) in [4.78, 5) is 4.68. The summed E-state index contributed by atoms with van der Waals surface area (Å²) in [6.07, 6.45) is 0. The molecule has 0 aliphatic rings. The van der Waals surface area contributed by atoms with Gasteiger partial charge in [0.15, 0.2) is 0 Å². The van der Waals surface area contributed by atoms with Crippen LogP contribution in [0, 0.1) is 0 Å². The molecule has 1 aromatic heterocycles. The Morgan fingerprint density at radius 1 is 1.33 bits per heavy atom. The summed E-state index contributed by atoms with van der Waals surface area (Å²) in [5.74, 6) is 0.408. The summed E-state index contributed by atoms with van der Waals surface area (Å²) in [6.45, 7) is 8.24. The van der Waals surface area contributed by atoms with Crippen molar-refractivity contribution >= 4 is 22.5 Å². The van der Waals surface area contributed by atoms with Crippen molar-refractivity contribution < 1.29 is 0 Å². The largest absolute Gasteiger partial charge is 0.313 e. The summed E-state index contributed by atoms with van der Waals surface area (Å²) < 4.78 is 0. The standard InChI is InChI=1S/C15H19ClN2/c1-4-17-9-11-8-14(10(2)3)18-15-12(11)6-5-7-13(15)16/h5-8,10,17H,4,9H2,1-3H3. The second-order valence-electron chi connectivity index (χ2n) is 4.78. The van der Waals surface area contributed by atoms with Crippen molar-refractivity contribution in [2.75, 3.05) is 6.54 Å². The smallest absolute Gasteiger partial charge is 0.0894 e. The molecule has 18 heavy (non-hydrogen) atoms. The summed E-state index contributed by atoms with van der Waals surface area (Å²) >= 11 is 6.26. The zero-order valence-corrected chi connectivity index (χ0v) is 11.9. The van der Waals surface area contributed by atoms with Crippen LogP contribution in [-0.4, -0.2) is 11.5 Å². The fourth-order valence-electron chi connectivity index (χ4n) is 2.01. The number of hydrogen-bond donors (Lipinski definition) is 1. The topological polar surface area (TPSA) is 24.9 Å². The fraction of sp³-hybridized carbons (Fsp3) is 0.400. The quantitative estimate of drug-likeness (QED) is 0.897. The van der Waals surface area contributed by atoms with E-state index in [0.717, 1.165) is 34.7 Å². The molecule has 3 heteroatoms. The van der Waals surface area contributed by atoms with E-state index in [4.69, 9.17) is 11.6 Å². The van der Waals surface area contributed by atoms with Crippen molar-refractivity contribution in [3.05, 3.63) is 40.5 Å². The van der Waals surface area contributed by atoms with E-state index in [1.54, 1.807) is 0 Å². The van der Waals surface area contributed by atoms with Crippen LogP contribution in [0.25, 0.3) is 10.9 Å². The lowest BCUT2D eigenvalue weighted by atomic mass is 10.0. The molecule has 0 unspecified atom stereocenters. The van der Waals surface area contributed by atoms with E-state index in [2.05, 4.69) is 43.2 Å². The van der Waals surface area contributed by atoms with Gasteiger partial charge in [0.2, 0.25) is 0 Å². The summed E-state index contributed by atoms with van der Waals surface area (Å²) in [5.41, 5.74) is 3.29. The van der Waals surface area contributed by atoms with Crippen LogP contribution in [0.1, 0.15) is 37.9 Å². The number of fused-ring (bicyclic) bond motifs is 1. The van der Waals surface area contributed by atoms with Gasteiger partial charge in [-0.2, -0.15) is 0 Å². The molecule has 0 atom stereocenters. The minimum absolute atomic E-state index is 0.408. The summed E-state index contributed by atoms with van der Waals surface area (Å²) in [7, 11) is 0. The highest BCUT2D eigenvalue weighted by atomic mass is 35.5. The van der Waals surface area contributed by atoms with Gasteiger partial charge in [-0.15, -0.1) is 0 Å². The molecular weight excluding hydrogens is 244 g/mol. The minimum atomic E-state index is 0.408. The molecule has 0 spiro atoms. The Kier molecular flexibility index (Phi) is 4.20. The van der Waals surface area contributed by atoms with Crippen LogP contribution in [0.4, 0.5) is 0 Å². The molecule has 1 aromatic carbocycles. The third-order valence-electron chi connectivity index (χ3n) is 3.05. The maximum absolute atomic E-state index is 6.26. The number of benzene rings is 1. The van der Waals surface area contributed by atoms with Crippen molar-refractivity contribution in [1.29, 1.82) is 0 Å². The second kappa shape index (κ2) is 5.68. The fourth-order valence-corrected chi connectivity index (χ4v) is 2.22. The highest BCUT2D eigenvalue weighted by molar-refractivity contribution is 6.35. The average Bonchev–Trinajstić information content (AvgIpc) is 2.36. The van der Waals surface area contributed by atoms with E-state index in [9.17, 15) is 0 Å². The van der Waals surface area contributed by atoms with Gasteiger partial charge < -0.3 is 5.32 Å². The normalized spacial score (nSPS) is 11.4. The SMILES string of the molecule is CCNCc1cc(C(C)C)nc2c(Cl)cccc12. The van der Waals surface area contributed by atoms with Crippen LogP contribution < -0.4 is 5.32 Å². The molecule has 0 saturated carbocycles. The molecule has 0 fully saturated rings. The lowest BCUT2D eigenvalue weighted by molar-refractivity contribution is 0.726. The van der Waals surface area contributed by atoms with E-state index >= 15 is 0 Å². The molecule has 0 amide bonds. The number of rotatable bonds is 4. The Hall–Kier alpha value is -1.12. The van der Waals surface area contributed by atoms with Crippen molar-refractivity contribution in [2.45, 2.75) is 33.2 Å². The minimum Gasteiger partial charge on any atom is -0.313 e. The van der Waals surface area contributed by atoms with Gasteiger partial charge in [-0.05, 0) is 30.2 Å². The number of nitrogens with zero attached hydrogens (tertiary/aromatic N) is 1. The predicted octanol–water partition coefficient (Wildman–Crippen LogP) is 4.12. The first-order valence-corrected chi connectivity index (χ1v) is 6.80. The van der Waals surface area contributed by atoms with Crippen molar-refractivity contribution in [1.82, 2.24) is 10.3 Å². The molecule has 2 aromatic rings. The molecule has 0 aliphatic heterocycles. The van der Waals surface area contributed by atoms with Crippen molar-refractivity contribution in [3.63, 3.8) is 0 Å². The maximum Gasteiger partial charge on any atom is 0.0894 e. The Morgan fingerprint density at radius 3 is 2.78 bits per heavy atom. The molecule has 1 heterocycles. The molecule has 0 bridgehead atoms. The number of halogens is 1. The zero-order valence-electron chi connectivity index (χ0n) is 11.1. The molecule has 1 N–H and O–H groups in total. The van der Waals surface area contributed by atoms with E-state index in [-0.39, 0.29) is 0 Å². The van der Waals surface area contributed by atoms with Gasteiger partial charge in [-0.3, -0.25) is 4.98 Å². The number of nitrogens with one attached hydrogen (secondary N) is 1. The van der Waals surface area contributed by atoms with E-state index in [1.165, 1.54) is 5.56 Å². The Morgan fingerprint density at radius 2 is 2.11 bits per heavy atom. The van der Waals surface area contributed by atoms with E-state index in [1.807, 2.05) is 12.1 Å². The average molecular weight is 263 g/mol. The Labute approximate surface area is 113 Å². The number of aromatic nitrogens is 1. The first-order valence-electron chi connectivity index (χ1n) is 6.42. The zero-order chi connectivity index (χ0) is 13.1. The highest BCUT2D eigenvalue weighted by Crippen LogP contribution is 2.27. The number of hydrogen-bond acceptors (Lipinski definition) is 2. The van der Waals surface area contributed by atoms with Crippen LogP contribution in [0.2, 0.25) is 5.02 Å². The summed E-state index contributed by atoms with van der Waals surface area (Å²) in [6, 6.07) is 8.16. The molecule has 2 rings (SSSR count). The van der Waals surface area contributed by atoms with Crippen molar-refractivity contribution in [3.8, 4) is 0 Å². The van der Waals surface area contributed by atoms with Crippen LogP contribution in [0.15, 0.2) is 24.3 Å². The number of pyridine rings is 1. The van der Waals surface area contributed by atoms with Crippen LogP contribution in [0.3, 0.4) is 0 Å². The molecule has 2 nitrogen and oxygen atoms in total. The van der Waals surface area contributed by atoms with Gasteiger partial charge in [0, 0.05) is 17.6 Å². The predicted molar refractivity (Wildman–Crippen MR) is 78.2 cm³/mol. The second-order valence-corrected chi connectivity index (χ2v) is 5.18. The number of para-hydroxylation sites is 1. The molecule has 0 aliphatic carbocycles. The molecule has 0 saturated heterocycles. The van der Waals surface area contributed by atoms with Gasteiger partial charge >= 0.3 is 0 Å². The van der Waals surface area contributed by atoms with Gasteiger partial charge in [0.25, 0.3) is 0 Å². The van der Waals surface area contributed by atoms with Crippen LogP contribution >= 0.6 is 11.6 Å². The highest BCUT2D eigenvalue weighted by Gasteiger charge is 2.10. The Balaban J connectivity index is 2.61. The van der Waals surface area contributed by atoms with Gasteiger partial charge in [0.05, 0.1) is 10.5 Å². The van der Waals surface area contributed by atoms with E-state index < -0.39 is 0 Å². The first kappa shape index (κ1) is 13.3. The van der Waals surface area contributed by atoms with Crippen LogP contribution in [-0.2, 0) is 6.54 Å². The van der Waals surface area contributed by atoms with Gasteiger partial charge in [-0.1, -0.05) is 44.5 Å². The molecular formula is C15H19ClN2. The maximum atomic E-state index is 6.26. The third kappa shape index (κ3) is 2.65. The molecule has 0 radical (unpaired) electrons. The monoisotopic (exact) mass is 262 g/mol. The lowest BCUT2D eigenvalue weighted by Crippen LogP contribution is -2.13. The third-order valence-corrected chi connectivity index (χ3v) is 3.36. The van der Waals surface area contributed by atoms with E-state index in [0.29, 0.717) is 5.92 Å². The lowest BCUT2D eigenvalue weighted by Gasteiger charge is -2.12. The first-order chi connectivity index (χ1) is 8.63.